The monoisotopic (exact) mass is 384 g/mol. The molecule has 4 nitrogen and oxygen atoms in total. The smallest absolute Gasteiger partial charge is 0.161 e. The molecule has 0 fully saturated rings. The zero-order valence-electron chi connectivity index (χ0n) is 15.6. The highest BCUT2D eigenvalue weighted by Crippen LogP contribution is 2.29. The molecule has 2 aromatic carbocycles. The maximum absolute atomic E-state index is 5.93. The van der Waals surface area contributed by atoms with Crippen molar-refractivity contribution in [2.75, 3.05) is 7.11 Å². The summed E-state index contributed by atoms with van der Waals surface area (Å²) in [5.41, 5.74) is 4.69. The predicted molar refractivity (Wildman–Crippen MR) is 111 cm³/mol. The Bertz CT molecular complexity index is 823. The molecule has 142 valence electrons. The first-order valence-electron chi connectivity index (χ1n) is 8.69. The molecule has 0 aliphatic carbocycles. The maximum Gasteiger partial charge on any atom is 0.161 e. The third-order valence-electron chi connectivity index (χ3n) is 4.12. The van der Waals surface area contributed by atoms with E-state index in [1.807, 2.05) is 24.4 Å². The van der Waals surface area contributed by atoms with Gasteiger partial charge in [0.1, 0.15) is 6.61 Å². The van der Waals surface area contributed by atoms with Crippen molar-refractivity contribution in [1.29, 1.82) is 0 Å². The number of hydrogen-bond acceptors (Lipinski definition) is 4. The fourth-order valence-electron chi connectivity index (χ4n) is 2.64. The number of pyridine rings is 1. The summed E-state index contributed by atoms with van der Waals surface area (Å²) in [5.74, 6) is 1.50. The summed E-state index contributed by atoms with van der Waals surface area (Å²) in [6, 6.07) is 18.4. The van der Waals surface area contributed by atoms with Crippen LogP contribution in [0.25, 0.3) is 0 Å². The highest BCUT2D eigenvalue weighted by atomic mass is 35.5. The van der Waals surface area contributed by atoms with Gasteiger partial charge in [0.25, 0.3) is 0 Å². The van der Waals surface area contributed by atoms with Gasteiger partial charge in [-0.25, -0.2) is 0 Å². The average molecular weight is 385 g/mol. The van der Waals surface area contributed by atoms with Gasteiger partial charge in [0, 0.05) is 25.5 Å². The Hall–Kier alpha value is -2.56. The van der Waals surface area contributed by atoms with Gasteiger partial charge in [-0.15, -0.1) is 12.4 Å². The summed E-state index contributed by atoms with van der Waals surface area (Å²) < 4.78 is 11.4. The van der Waals surface area contributed by atoms with Gasteiger partial charge in [-0.05, 0) is 41.8 Å². The van der Waals surface area contributed by atoms with E-state index in [1.54, 1.807) is 13.3 Å². The van der Waals surface area contributed by atoms with Crippen LogP contribution >= 0.6 is 12.4 Å². The van der Waals surface area contributed by atoms with E-state index in [9.17, 15) is 0 Å². The Kier molecular flexibility index (Phi) is 8.11. The van der Waals surface area contributed by atoms with Crippen LogP contribution in [-0.4, -0.2) is 12.1 Å². The van der Waals surface area contributed by atoms with Crippen LogP contribution in [-0.2, 0) is 19.7 Å². The van der Waals surface area contributed by atoms with Gasteiger partial charge in [0.15, 0.2) is 11.5 Å². The minimum Gasteiger partial charge on any atom is -0.493 e. The van der Waals surface area contributed by atoms with Crippen molar-refractivity contribution in [2.24, 2.45) is 0 Å². The van der Waals surface area contributed by atoms with Crippen LogP contribution in [0.15, 0.2) is 67.0 Å². The first-order valence-corrected chi connectivity index (χ1v) is 8.69. The molecule has 5 heteroatoms. The van der Waals surface area contributed by atoms with Crippen molar-refractivity contribution in [3.8, 4) is 11.5 Å². The van der Waals surface area contributed by atoms with Crippen LogP contribution in [0, 0.1) is 6.92 Å². The third-order valence-corrected chi connectivity index (χ3v) is 4.12. The first kappa shape index (κ1) is 20.7. The van der Waals surface area contributed by atoms with Gasteiger partial charge in [0.05, 0.1) is 7.11 Å². The van der Waals surface area contributed by atoms with Crippen LogP contribution < -0.4 is 14.8 Å². The molecule has 0 unspecified atom stereocenters. The van der Waals surface area contributed by atoms with Crippen molar-refractivity contribution in [2.45, 2.75) is 26.6 Å². The average Bonchev–Trinajstić information content (AvgIpc) is 2.69. The number of halogens is 1. The first-order chi connectivity index (χ1) is 12.7. The summed E-state index contributed by atoms with van der Waals surface area (Å²) >= 11 is 0. The summed E-state index contributed by atoms with van der Waals surface area (Å²) in [7, 11) is 1.67. The highest BCUT2D eigenvalue weighted by Gasteiger charge is 2.06. The molecule has 0 spiro atoms. The zero-order chi connectivity index (χ0) is 18.2. The standard InChI is InChI=1S/C22H24N2O2.ClH/c1-17-5-7-18(8-6-17)16-26-21-10-9-19(12-22(21)25-2)13-24-15-20-4-3-11-23-14-20;/h3-12,14,24H,13,15-16H2,1-2H3;1H. The molecule has 1 aromatic heterocycles. The molecule has 3 aromatic rings. The third kappa shape index (κ3) is 6.27. The van der Waals surface area contributed by atoms with Gasteiger partial charge >= 0.3 is 0 Å². The molecule has 0 saturated carbocycles. The van der Waals surface area contributed by atoms with Gasteiger partial charge in [-0.2, -0.15) is 0 Å². The number of nitrogens with zero attached hydrogens (tertiary/aromatic N) is 1. The number of ether oxygens (including phenoxy) is 2. The lowest BCUT2D eigenvalue weighted by Crippen LogP contribution is -2.12. The molecule has 1 N–H and O–H groups in total. The van der Waals surface area contributed by atoms with Crippen LogP contribution in [0.3, 0.4) is 0 Å². The number of nitrogens with one attached hydrogen (secondary N) is 1. The molecular weight excluding hydrogens is 360 g/mol. The normalized spacial score (nSPS) is 10.1. The minimum absolute atomic E-state index is 0. The summed E-state index contributed by atoms with van der Waals surface area (Å²) in [6.07, 6.45) is 3.65. The summed E-state index contributed by atoms with van der Waals surface area (Å²) in [4.78, 5) is 4.12. The van der Waals surface area contributed by atoms with Gasteiger partial charge in [0.2, 0.25) is 0 Å². The number of aryl methyl sites for hydroxylation is 1. The molecule has 0 radical (unpaired) electrons. The number of benzene rings is 2. The largest absolute Gasteiger partial charge is 0.493 e. The van der Waals surface area contributed by atoms with E-state index >= 15 is 0 Å². The lowest BCUT2D eigenvalue weighted by atomic mass is 10.1. The Balaban J connectivity index is 0.00000261. The van der Waals surface area contributed by atoms with Crippen LogP contribution in [0.2, 0.25) is 0 Å². The fraction of sp³-hybridized carbons (Fsp3) is 0.227. The summed E-state index contributed by atoms with van der Waals surface area (Å²) in [5, 5.41) is 3.42. The Labute approximate surface area is 167 Å². The second-order valence-corrected chi connectivity index (χ2v) is 6.22. The fourth-order valence-corrected chi connectivity index (χ4v) is 2.64. The van der Waals surface area contributed by atoms with Gasteiger partial charge in [-0.3, -0.25) is 4.98 Å². The van der Waals surface area contributed by atoms with Gasteiger partial charge in [-0.1, -0.05) is 42.0 Å². The Morgan fingerprint density at radius 2 is 1.63 bits per heavy atom. The minimum atomic E-state index is 0. The lowest BCUT2D eigenvalue weighted by molar-refractivity contribution is 0.284. The van der Waals surface area contributed by atoms with E-state index in [0.29, 0.717) is 6.61 Å². The van der Waals surface area contributed by atoms with Crippen molar-refractivity contribution >= 4 is 12.4 Å². The molecule has 0 aliphatic heterocycles. The van der Waals surface area contributed by atoms with Gasteiger partial charge < -0.3 is 14.8 Å². The molecular formula is C22H25ClN2O2. The molecule has 1 heterocycles. The molecule has 0 aliphatic rings. The molecule has 0 atom stereocenters. The van der Waals surface area contributed by atoms with Crippen LogP contribution in [0.4, 0.5) is 0 Å². The van der Waals surface area contributed by atoms with Crippen molar-refractivity contribution < 1.29 is 9.47 Å². The second kappa shape index (κ2) is 10.6. The Morgan fingerprint density at radius 3 is 2.33 bits per heavy atom. The highest BCUT2D eigenvalue weighted by molar-refractivity contribution is 5.85. The number of rotatable bonds is 8. The predicted octanol–water partition coefficient (Wildman–Crippen LogP) is 4.69. The summed E-state index contributed by atoms with van der Waals surface area (Å²) in [6.45, 7) is 4.13. The van der Waals surface area contributed by atoms with E-state index in [-0.39, 0.29) is 12.4 Å². The lowest BCUT2D eigenvalue weighted by Gasteiger charge is -2.13. The van der Waals surface area contributed by atoms with Crippen molar-refractivity contribution in [1.82, 2.24) is 10.3 Å². The molecule has 0 amide bonds. The van der Waals surface area contributed by atoms with Crippen LogP contribution in [0.1, 0.15) is 22.3 Å². The quantitative estimate of drug-likeness (QED) is 0.611. The van der Waals surface area contributed by atoms with Crippen LogP contribution in [0.5, 0.6) is 11.5 Å². The van der Waals surface area contributed by atoms with E-state index < -0.39 is 0 Å². The van der Waals surface area contributed by atoms with E-state index in [1.165, 1.54) is 5.56 Å². The van der Waals surface area contributed by atoms with Crippen molar-refractivity contribution in [3.05, 3.63) is 89.2 Å². The topological polar surface area (TPSA) is 43.4 Å². The molecule has 0 bridgehead atoms. The zero-order valence-corrected chi connectivity index (χ0v) is 16.5. The molecule has 0 saturated heterocycles. The van der Waals surface area contributed by atoms with E-state index in [4.69, 9.17) is 9.47 Å². The number of aromatic nitrogens is 1. The second-order valence-electron chi connectivity index (χ2n) is 6.22. The van der Waals surface area contributed by atoms with Crippen molar-refractivity contribution in [3.63, 3.8) is 0 Å². The SMILES string of the molecule is COc1cc(CNCc2cccnc2)ccc1OCc1ccc(C)cc1.Cl. The Morgan fingerprint density at radius 1 is 0.889 bits per heavy atom. The number of methoxy groups -OCH3 is 1. The maximum atomic E-state index is 5.93. The molecule has 27 heavy (non-hydrogen) atoms. The molecule has 3 rings (SSSR count). The van der Waals surface area contributed by atoms with E-state index in [0.717, 1.165) is 41.3 Å². The number of hydrogen-bond donors (Lipinski definition) is 1. The van der Waals surface area contributed by atoms with E-state index in [2.05, 4.69) is 53.6 Å².